The van der Waals surface area contributed by atoms with Gasteiger partial charge in [0.15, 0.2) is 5.03 Å². The van der Waals surface area contributed by atoms with Crippen LogP contribution in [0.2, 0.25) is 0 Å². The van der Waals surface area contributed by atoms with Crippen molar-refractivity contribution in [3.63, 3.8) is 0 Å². The van der Waals surface area contributed by atoms with E-state index >= 15 is 0 Å². The molecule has 1 rings (SSSR count). The minimum atomic E-state index is -1.08. The Balaban J connectivity index is 2.28. The van der Waals surface area contributed by atoms with Gasteiger partial charge in [-0.2, -0.15) is 0 Å². The summed E-state index contributed by atoms with van der Waals surface area (Å²) in [7, 11) is 0. The normalized spacial score (nSPS) is 10.0. The molecule has 0 unspecified atom stereocenters. The third kappa shape index (κ3) is 4.75. The van der Waals surface area contributed by atoms with Gasteiger partial charge in [-0.1, -0.05) is 36.4 Å². The van der Waals surface area contributed by atoms with Crippen molar-refractivity contribution in [1.29, 1.82) is 0 Å². The van der Waals surface area contributed by atoms with Gasteiger partial charge in [-0.15, -0.1) is 0 Å². The fourth-order valence-electron chi connectivity index (χ4n) is 0.979. The molecule has 0 spiro atoms. The Labute approximate surface area is 91.6 Å². The lowest BCUT2D eigenvalue weighted by Gasteiger charge is -1.97. The molecule has 0 atom stereocenters. The average molecular weight is 222 g/mol. The lowest BCUT2D eigenvalue weighted by molar-refractivity contribution is -0.530. The number of nitrogens with one attached hydrogen (secondary N) is 1. The Morgan fingerprint density at radius 3 is 2.75 bits per heavy atom. The first-order valence-corrected chi connectivity index (χ1v) is 4.48. The SMILES string of the molecule is O=C(N[N+](=O)[O-])OC/C=C/c1ccccc1. The summed E-state index contributed by atoms with van der Waals surface area (Å²) in [6, 6.07) is 9.40. The number of hydrogen-bond acceptors (Lipinski definition) is 4. The van der Waals surface area contributed by atoms with Crippen LogP contribution in [0, 0.1) is 10.1 Å². The van der Waals surface area contributed by atoms with Gasteiger partial charge < -0.3 is 4.74 Å². The van der Waals surface area contributed by atoms with E-state index in [4.69, 9.17) is 0 Å². The molecule has 0 aliphatic carbocycles. The zero-order valence-corrected chi connectivity index (χ0v) is 8.33. The Kier molecular flexibility index (Phi) is 4.52. The summed E-state index contributed by atoms with van der Waals surface area (Å²) in [6.07, 6.45) is 2.26. The lowest BCUT2D eigenvalue weighted by Crippen LogP contribution is -2.29. The van der Waals surface area contributed by atoms with Gasteiger partial charge in [0, 0.05) is 0 Å². The van der Waals surface area contributed by atoms with E-state index in [1.165, 1.54) is 5.43 Å². The highest BCUT2D eigenvalue weighted by atomic mass is 16.7. The van der Waals surface area contributed by atoms with Crippen LogP contribution < -0.4 is 5.43 Å². The maximum absolute atomic E-state index is 10.7. The second-order valence-electron chi connectivity index (χ2n) is 2.78. The Bertz CT molecular complexity index is 389. The predicted molar refractivity (Wildman–Crippen MR) is 57.0 cm³/mol. The van der Waals surface area contributed by atoms with E-state index < -0.39 is 11.1 Å². The van der Waals surface area contributed by atoms with Crippen LogP contribution in [0.25, 0.3) is 6.08 Å². The molecule has 1 aromatic carbocycles. The summed E-state index contributed by atoms with van der Waals surface area (Å²) in [4.78, 5) is 20.5. The van der Waals surface area contributed by atoms with Crippen LogP contribution in [-0.2, 0) is 4.74 Å². The summed E-state index contributed by atoms with van der Waals surface area (Å²) in [5, 5.41) is 8.87. The maximum atomic E-state index is 10.7. The molecule has 0 saturated heterocycles. The Morgan fingerprint density at radius 1 is 1.44 bits per heavy atom. The molecule has 0 aromatic heterocycles. The molecule has 0 aliphatic rings. The number of rotatable bonds is 4. The zero-order valence-electron chi connectivity index (χ0n) is 8.33. The first-order valence-electron chi connectivity index (χ1n) is 4.48. The zero-order chi connectivity index (χ0) is 11.8. The van der Waals surface area contributed by atoms with E-state index in [0.29, 0.717) is 0 Å². The first kappa shape index (κ1) is 11.7. The van der Waals surface area contributed by atoms with Crippen molar-refractivity contribution in [2.24, 2.45) is 0 Å². The quantitative estimate of drug-likeness (QED) is 0.619. The molecule has 1 aromatic rings. The summed E-state index contributed by atoms with van der Waals surface area (Å²) in [5.41, 5.74) is 2.33. The molecular formula is C10H10N2O4. The second-order valence-corrected chi connectivity index (χ2v) is 2.78. The number of nitro groups is 1. The molecule has 0 heterocycles. The number of nitrogens with zero attached hydrogens (tertiary/aromatic N) is 1. The van der Waals surface area contributed by atoms with Gasteiger partial charge in [-0.3, -0.25) is 0 Å². The standard InChI is InChI=1S/C10H10N2O4/c13-10(11-12(14)15)16-8-4-7-9-5-2-1-3-6-9/h1-7H,8H2,(H,11,13)/b7-4+. The molecule has 6 heteroatoms. The molecule has 1 amide bonds. The third-order valence-electron chi connectivity index (χ3n) is 1.60. The molecule has 84 valence electrons. The summed E-state index contributed by atoms with van der Waals surface area (Å²) < 4.78 is 4.50. The van der Waals surface area contributed by atoms with Crippen LogP contribution in [-0.4, -0.2) is 17.7 Å². The number of carbonyl (C=O) groups is 1. The van der Waals surface area contributed by atoms with Crippen molar-refractivity contribution in [2.45, 2.75) is 0 Å². The smallest absolute Gasteiger partial charge is 0.442 e. The molecular weight excluding hydrogens is 212 g/mol. The highest BCUT2D eigenvalue weighted by Crippen LogP contribution is 2.00. The molecule has 0 saturated carbocycles. The lowest BCUT2D eigenvalue weighted by atomic mass is 10.2. The fourth-order valence-corrected chi connectivity index (χ4v) is 0.979. The third-order valence-corrected chi connectivity index (χ3v) is 1.60. The highest BCUT2D eigenvalue weighted by Gasteiger charge is 2.05. The van der Waals surface area contributed by atoms with E-state index in [0.717, 1.165) is 5.56 Å². The number of benzene rings is 1. The number of ether oxygens (including phenoxy) is 1. The van der Waals surface area contributed by atoms with Crippen molar-refractivity contribution in [3.05, 3.63) is 52.1 Å². The maximum Gasteiger partial charge on any atom is 0.465 e. The van der Waals surface area contributed by atoms with Crippen LogP contribution in [0.4, 0.5) is 4.79 Å². The average Bonchev–Trinajstić information content (AvgIpc) is 2.25. The van der Waals surface area contributed by atoms with Gasteiger partial charge in [0.05, 0.1) is 0 Å². The summed E-state index contributed by atoms with van der Waals surface area (Å²) in [6.45, 7) is -0.0193. The monoisotopic (exact) mass is 222 g/mol. The molecule has 0 aliphatic heterocycles. The number of hydrogen-bond donors (Lipinski definition) is 1. The van der Waals surface area contributed by atoms with Gasteiger partial charge >= 0.3 is 6.09 Å². The van der Waals surface area contributed by atoms with Gasteiger partial charge in [-0.25, -0.2) is 14.9 Å². The molecule has 0 bridgehead atoms. The topological polar surface area (TPSA) is 81.5 Å². The number of carbonyl (C=O) groups excluding carboxylic acids is 1. The molecule has 0 fully saturated rings. The second kappa shape index (κ2) is 6.18. The summed E-state index contributed by atoms with van der Waals surface area (Å²) >= 11 is 0. The predicted octanol–water partition coefficient (Wildman–Crippen LogP) is 1.62. The van der Waals surface area contributed by atoms with Crippen LogP contribution in [0.3, 0.4) is 0 Å². The van der Waals surface area contributed by atoms with Gasteiger partial charge in [0.1, 0.15) is 6.61 Å². The van der Waals surface area contributed by atoms with Crippen LogP contribution in [0.1, 0.15) is 5.56 Å². The highest BCUT2D eigenvalue weighted by molar-refractivity contribution is 5.65. The van der Waals surface area contributed by atoms with Crippen molar-refractivity contribution in [3.8, 4) is 0 Å². The van der Waals surface area contributed by atoms with Gasteiger partial charge in [-0.05, 0) is 17.1 Å². The van der Waals surface area contributed by atoms with Crippen molar-refractivity contribution in [2.75, 3.05) is 6.61 Å². The van der Waals surface area contributed by atoms with Crippen LogP contribution >= 0.6 is 0 Å². The van der Waals surface area contributed by atoms with Crippen molar-refractivity contribution < 1.29 is 14.6 Å². The van der Waals surface area contributed by atoms with Crippen molar-refractivity contribution in [1.82, 2.24) is 5.43 Å². The Hall–Kier alpha value is -2.37. The molecule has 1 N–H and O–H groups in total. The largest absolute Gasteiger partial charge is 0.465 e. The first-order chi connectivity index (χ1) is 7.68. The van der Waals surface area contributed by atoms with Gasteiger partial charge in [0.2, 0.25) is 0 Å². The molecule has 16 heavy (non-hydrogen) atoms. The van der Waals surface area contributed by atoms with Crippen molar-refractivity contribution >= 4 is 12.2 Å². The molecule has 0 radical (unpaired) electrons. The summed E-state index contributed by atoms with van der Waals surface area (Å²) in [5.74, 6) is 0. The van der Waals surface area contributed by atoms with Crippen LogP contribution in [0.15, 0.2) is 36.4 Å². The fraction of sp³-hybridized carbons (Fsp3) is 0.100. The van der Waals surface area contributed by atoms with Crippen LogP contribution in [0.5, 0.6) is 0 Å². The van der Waals surface area contributed by atoms with E-state index in [2.05, 4.69) is 4.74 Å². The number of amides is 1. The van der Waals surface area contributed by atoms with E-state index in [1.807, 2.05) is 30.3 Å². The molecule has 6 nitrogen and oxygen atoms in total. The number of hydrazine groups is 1. The van der Waals surface area contributed by atoms with E-state index in [9.17, 15) is 14.9 Å². The van der Waals surface area contributed by atoms with Gasteiger partial charge in [0.25, 0.3) is 0 Å². The van der Waals surface area contributed by atoms with E-state index in [1.54, 1.807) is 12.2 Å². The Morgan fingerprint density at radius 2 is 2.12 bits per heavy atom. The minimum Gasteiger partial charge on any atom is -0.442 e. The van der Waals surface area contributed by atoms with E-state index in [-0.39, 0.29) is 6.61 Å². The minimum absolute atomic E-state index is 0.0193.